The van der Waals surface area contributed by atoms with Crippen LogP contribution in [0.5, 0.6) is 0 Å². The van der Waals surface area contributed by atoms with Gasteiger partial charge in [0.25, 0.3) is 0 Å². The first-order valence-corrected chi connectivity index (χ1v) is 7.52. The Balaban J connectivity index is 1.60. The highest BCUT2D eigenvalue weighted by atomic mass is 32.1. The second-order valence-corrected chi connectivity index (χ2v) is 5.92. The fourth-order valence-corrected chi connectivity index (χ4v) is 3.04. The monoisotopic (exact) mass is 293 g/mol. The van der Waals surface area contributed by atoms with Crippen LogP contribution in [0.25, 0.3) is 0 Å². The van der Waals surface area contributed by atoms with E-state index in [9.17, 15) is 4.39 Å². The quantitative estimate of drug-likeness (QED) is 0.941. The molecule has 0 amide bonds. The zero-order valence-electron chi connectivity index (χ0n) is 11.0. The zero-order chi connectivity index (χ0) is 13.8. The van der Waals surface area contributed by atoms with Crippen LogP contribution in [-0.2, 0) is 11.2 Å². The van der Waals surface area contributed by atoms with Gasteiger partial charge in [0.2, 0.25) is 5.13 Å². The maximum Gasteiger partial charge on any atom is 0.205 e. The van der Waals surface area contributed by atoms with Crippen molar-refractivity contribution in [2.24, 2.45) is 0 Å². The van der Waals surface area contributed by atoms with Crippen LogP contribution in [0, 0.1) is 5.82 Å². The lowest BCUT2D eigenvalue weighted by atomic mass is 10.1. The fourth-order valence-electron chi connectivity index (χ4n) is 2.19. The zero-order valence-corrected chi connectivity index (χ0v) is 11.8. The molecule has 2 aromatic rings. The lowest BCUT2D eigenvalue weighted by Gasteiger charge is -2.22. The third kappa shape index (κ3) is 3.52. The molecule has 20 heavy (non-hydrogen) atoms. The number of rotatable bonds is 4. The first-order valence-electron chi connectivity index (χ1n) is 6.71. The summed E-state index contributed by atoms with van der Waals surface area (Å²) in [5, 5.41) is 13.4. The van der Waals surface area contributed by atoms with Gasteiger partial charge in [-0.05, 0) is 30.5 Å². The summed E-state index contributed by atoms with van der Waals surface area (Å²) in [5.74, 6) is -0.217. The molecule has 1 aliphatic heterocycles. The van der Waals surface area contributed by atoms with Crippen molar-refractivity contribution < 1.29 is 9.13 Å². The van der Waals surface area contributed by atoms with E-state index in [-0.39, 0.29) is 5.82 Å². The van der Waals surface area contributed by atoms with Crippen LogP contribution in [0.4, 0.5) is 9.52 Å². The number of benzene rings is 1. The van der Waals surface area contributed by atoms with E-state index in [0.29, 0.717) is 12.5 Å². The number of halogens is 1. The highest BCUT2D eigenvalue weighted by Gasteiger charge is 2.15. The summed E-state index contributed by atoms with van der Waals surface area (Å²) < 4.78 is 18.3. The molecule has 0 aliphatic carbocycles. The van der Waals surface area contributed by atoms with Gasteiger partial charge in [-0.3, -0.25) is 0 Å². The summed E-state index contributed by atoms with van der Waals surface area (Å²) in [6.45, 7) is 1.58. The molecule has 1 unspecified atom stereocenters. The highest BCUT2D eigenvalue weighted by Crippen LogP contribution is 2.21. The number of aromatic nitrogens is 2. The number of nitrogens with zero attached hydrogens (tertiary/aromatic N) is 2. The topological polar surface area (TPSA) is 47.0 Å². The van der Waals surface area contributed by atoms with Gasteiger partial charge in [-0.25, -0.2) is 4.39 Å². The van der Waals surface area contributed by atoms with Crippen molar-refractivity contribution in [2.75, 3.05) is 18.5 Å². The fraction of sp³-hybridized carbons (Fsp3) is 0.429. The molecule has 0 saturated carbocycles. The van der Waals surface area contributed by atoms with E-state index >= 15 is 0 Å². The molecule has 1 aromatic heterocycles. The summed E-state index contributed by atoms with van der Waals surface area (Å²) in [4.78, 5) is 0. The van der Waals surface area contributed by atoms with Gasteiger partial charge in [0.1, 0.15) is 10.8 Å². The second kappa shape index (κ2) is 6.28. The minimum Gasteiger partial charge on any atom is -0.379 e. The third-order valence-electron chi connectivity index (χ3n) is 3.22. The van der Waals surface area contributed by atoms with E-state index in [1.54, 1.807) is 23.5 Å². The smallest absolute Gasteiger partial charge is 0.205 e. The second-order valence-electron chi connectivity index (χ2n) is 4.86. The SMILES string of the molecule is Fc1ccc(Cc2nnc(NC3CCCOC3)s2)cc1. The van der Waals surface area contributed by atoms with Crippen molar-refractivity contribution in [3.8, 4) is 0 Å². The van der Waals surface area contributed by atoms with E-state index in [1.165, 1.54) is 12.1 Å². The Morgan fingerprint density at radius 1 is 1.30 bits per heavy atom. The number of hydrogen-bond acceptors (Lipinski definition) is 5. The Bertz CT molecular complexity index is 552. The first-order chi connectivity index (χ1) is 9.79. The van der Waals surface area contributed by atoms with Crippen molar-refractivity contribution in [1.29, 1.82) is 0 Å². The van der Waals surface area contributed by atoms with E-state index in [0.717, 1.165) is 41.8 Å². The maximum absolute atomic E-state index is 12.8. The van der Waals surface area contributed by atoms with E-state index in [4.69, 9.17) is 4.74 Å². The third-order valence-corrected chi connectivity index (χ3v) is 4.08. The Kier molecular flexibility index (Phi) is 4.22. The summed E-state index contributed by atoms with van der Waals surface area (Å²) in [6.07, 6.45) is 2.87. The van der Waals surface area contributed by atoms with Crippen molar-refractivity contribution in [2.45, 2.75) is 25.3 Å². The van der Waals surface area contributed by atoms with Crippen LogP contribution in [0.2, 0.25) is 0 Å². The standard InChI is InChI=1S/C14H16FN3OS/c15-11-5-3-10(4-6-11)8-13-17-18-14(20-13)16-12-2-1-7-19-9-12/h3-6,12H,1-2,7-9H2,(H,16,18). The van der Waals surface area contributed by atoms with Crippen molar-refractivity contribution in [3.63, 3.8) is 0 Å². The molecule has 1 aromatic carbocycles. The van der Waals surface area contributed by atoms with Gasteiger partial charge in [0.15, 0.2) is 0 Å². The maximum atomic E-state index is 12.8. The molecule has 2 heterocycles. The summed E-state index contributed by atoms with van der Waals surface area (Å²) in [5.41, 5.74) is 1.04. The van der Waals surface area contributed by atoms with Crippen LogP contribution >= 0.6 is 11.3 Å². The van der Waals surface area contributed by atoms with Gasteiger partial charge in [-0.15, -0.1) is 10.2 Å². The Morgan fingerprint density at radius 3 is 2.90 bits per heavy atom. The average molecular weight is 293 g/mol. The minimum absolute atomic E-state index is 0.217. The lowest BCUT2D eigenvalue weighted by Crippen LogP contribution is -2.29. The molecule has 1 saturated heterocycles. The van der Waals surface area contributed by atoms with Gasteiger partial charge < -0.3 is 10.1 Å². The van der Waals surface area contributed by atoms with Gasteiger partial charge in [-0.1, -0.05) is 23.5 Å². The highest BCUT2D eigenvalue weighted by molar-refractivity contribution is 7.15. The number of anilines is 1. The van der Waals surface area contributed by atoms with E-state index in [2.05, 4.69) is 15.5 Å². The van der Waals surface area contributed by atoms with Crippen LogP contribution in [0.3, 0.4) is 0 Å². The van der Waals surface area contributed by atoms with Crippen LogP contribution in [-0.4, -0.2) is 29.5 Å². The molecule has 1 atom stereocenters. The van der Waals surface area contributed by atoms with E-state index < -0.39 is 0 Å². The van der Waals surface area contributed by atoms with Gasteiger partial charge in [-0.2, -0.15) is 0 Å². The molecule has 4 nitrogen and oxygen atoms in total. The summed E-state index contributed by atoms with van der Waals surface area (Å²) in [6, 6.07) is 6.82. The normalized spacial score (nSPS) is 18.9. The molecule has 1 aliphatic rings. The molecule has 0 spiro atoms. The Hall–Kier alpha value is -1.53. The molecule has 0 radical (unpaired) electrons. The largest absolute Gasteiger partial charge is 0.379 e. The molecular formula is C14H16FN3OS. The van der Waals surface area contributed by atoms with Crippen molar-refractivity contribution in [1.82, 2.24) is 10.2 Å². The molecule has 0 bridgehead atoms. The molecule has 1 fully saturated rings. The summed E-state index contributed by atoms with van der Waals surface area (Å²) in [7, 11) is 0. The minimum atomic E-state index is -0.217. The predicted octanol–water partition coefficient (Wildman–Crippen LogP) is 2.86. The van der Waals surface area contributed by atoms with Crippen molar-refractivity contribution >= 4 is 16.5 Å². The Labute approximate surface area is 121 Å². The van der Waals surface area contributed by atoms with E-state index in [1.807, 2.05) is 0 Å². The van der Waals surface area contributed by atoms with Crippen LogP contribution in [0.1, 0.15) is 23.4 Å². The number of nitrogens with one attached hydrogen (secondary N) is 1. The average Bonchev–Trinajstić information content (AvgIpc) is 2.90. The number of ether oxygens (including phenoxy) is 1. The molecule has 3 rings (SSSR count). The lowest BCUT2D eigenvalue weighted by molar-refractivity contribution is 0.0876. The molecule has 6 heteroatoms. The van der Waals surface area contributed by atoms with Gasteiger partial charge >= 0.3 is 0 Å². The van der Waals surface area contributed by atoms with Gasteiger partial charge in [0.05, 0.1) is 12.6 Å². The van der Waals surface area contributed by atoms with Crippen molar-refractivity contribution in [3.05, 3.63) is 40.7 Å². The first kappa shape index (κ1) is 13.5. The molecule has 1 N–H and O–H groups in total. The van der Waals surface area contributed by atoms with Crippen LogP contribution < -0.4 is 5.32 Å². The van der Waals surface area contributed by atoms with Gasteiger partial charge in [0, 0.05) is 13.0 Å². The number of hydrogen-bond donors (Lipinski definition) is 1. The predicted molar refractivity (Wildman–Crippen MR) is 76.6 cm³/mol. The van der Waals surface area contributed by atoms with Crippen LogP contribution in [0.15, 0.2) is 24.3 Å². The summed E-state index contributed by atoms with van der Waals surface area (Å²) >= 11 is 1.54. The molecular weight excluding hydrogens is 277 g/mol. The Morgan fingerprint density at radius 2 is 2.15 bits per heavy atom. The molecule has 106 valence electrons.